The molecule has 1 N–H and O–H groups in total. The fourth-order valence-corrected chi connectivity index (χ4v) is 3.07. The Labute approximate surface area is 122 Å². The highest BCUT2D eigenvalue weighted by Gasteiger charge is 2.27. The molecule has 0 radical (unpaired) electrons. The first-order valence-electron chi connectivity index (χ1n) is 6.59. The van der Waals surface area contributed by atoms with Crippen LogP contribution in [0.3, 0.4) is 0 Å². The molecule has 1 saturated heterocycles. The van der Waals surface area contributed by atoms with Crippen molar-refractivity contribution in [3.05, 3.63) is 10.8 Å². The van der Waals surface area contributed by atoms with E-state index in [2.05, 4.69) is 20.6 Å². The Balaban J connectivity index is 1.70. The van der Waals surface area contributed by atoms with E-state index in [-0.39, 0.29) is 12.5 Å². The first kappa shape index (κ1) is 14.7. The maximum atomic E-state index is 12.1. The van der Waals surface area contributed by atoms with Crippen LogP contribution in [0.4, 0.5) is 13.2 Å². The Morgan fingerprint density at radius 3 is 2.76 bits per heavy atom. The largest absolute Gasteiger partial charge is 0.401 e. The first-order chi connectivity index (χ1) is 10.0. The molecule has 0 bridgehead atoms. The van der Waals surface area contributed by atoms with E-state index in [1.54, 1.807) is 4.52 Å². The van der Waals surface area contributed by atoms with Gasteiger partial charge in [-0.1, -0.05) is 11.3 Å². The number of rotatable bonds is 4. The average Bonchev–Trinajstić information content (AvgIpc) is 2.98. The Kier molecular flexibility index (Phi) is 4.09. The quantitative estimate of drug-likeness (QED) is 0.929. The van der Waals surface area contributed by atoms with Gasteiger partial charge in [-0.05, 0) is 12.8 Å². The molecule has 116 valence electrons. The minimum Gasteiger partial charge on any atom is -0.381 e. The number of hydrogen-bond acceptors (Lipinski definition) is 6. The maximum absolute atomic E-state index is 12.1. The summed E-state index contributed by atoms with van der Waals surface area (Å²) in [5, 5.41) is 15.4. The third kappa shape index (κ3) is 3.50. The number of ether oxygens (including phenoxy) is 1. The van der Waals surface area contributed by atoms with Gasteiger partial charge in [-0.15, -0.1) is 10.2 Å². The van der Waals surface area contributed by atoms with E-state index >= 15 is 0 Å². The Bertz CT molecular complexity index is 605. The zero-order valence-electron chi connectivity index (χ0n) is 11.1. The average molecular weight is 321 g/mol. The zero-order valence-corrected chi connectivity index (χ0v) is 11.9. The summed E-state index contributed by atoms with van der Waals surface area (Å²) in [6.07, 6.45) is -2.49. The van der Waals surface area contributed by atoms with Gasteiger partial charge in [0.1, 0.15) is 5.01 Å². The number of hydrogen-bond donors (Lipinski definition) is 1. The van der Waals surface area contributed by atoms with Crippen LogP contribution in [-0.2, 0) is 11.3 Å². The summed E-state index contributed by atoms with van der Waals surface area (Å²) in [5.74, 6) is 1.01. The van der Waals surface area contributed by atoms with E-state index < -0.39 is 12.7 Å². The highest BCUT2D eigenvalue weighted by molar-refractivity contribution is 7.16. The summed E-state index contributed by atoms with van der Waals surface area (Å²) in [4.78, 5) is 0.611. The summed E-state index contributed by atoms with van der Waals surface area (Å²) < 4.78 is 43.2. The van der Waals surface area contributed by atoms with Crippen LogP contribution >= 0.6 is 11.3 Å². The number of nitrogens with zero attached hydrogens (tertiary/aromatic N) is 4. The van der Waals surface area contributed by atoms with Gasteiger partial charge in [-0.2, -0.15) is 22.8 Å². The Morgan fingerprint density at radius 1 is 1.29 bits per heavy atom. The Morgan fingerprint density at radius 2 is 2.05 bits per heavy atom. The molecule has 2 aromatic heterocycles. The van der Waals surface area contributed by atoms with Gasteiger partial charge in [0.15, 0.2) is 5.82 Å². The molecule has 1 aliphatic rings. The fraction of sp³-hybridized carbons (Fsp3) is 0.727. The maximum Gasteiger partial charge on any atom is 0.401 e. The normalized spacial score (nSPS) is 17.7. The molecule has 1 fully saturated rings. The first-order valence-corrected chi connectivity index (χ1v) is 7.41. The van der Waals surface area contributed by atoms with Gasteiger partial charge >= 0.3 is 6.18 Å². The van der Waals surface area contributed by atoms with Crippen molar-refractivity contribution in [1.82, 2.24) is 25.1 Å². The van der Waals surface area contributed by atoms with Crippen molar-refractivity contribution in [3.63, 3.8) is 0 Å². The van der Waals surface area contributed by atoms with E-state index in [0.717, 1.165) is 18.7 Å². The molecule has 0 atom stereocenters. The molecule has 10 heteroatoms. The lowest BCUT2D eigenvalue weighted by Crippen LogP contribution is -2.28. The predicted octanol–water partition coefficient (Wildman–Crippen LogP) is 1.73. The van der Waals surface area contributed by atoms with Gasteiger partial charge in [0.05, 0.1) is 13.1 Å². The minimum atomic E-state index is -4.22. The standard InChI is InChI=1S/C11H14F3N5OS/c12-11(13,14)6-15-5-8-18-19-9(16-17-10(19)21-8)7-1-3-20-4-2-7/h7,15H,1-6H2. The second-order valence-electron chi connectivity index (χ2n) is 4.85. The van der Waals surface area contributed by atoms with Crippen LogP contribution in [0.5, 0.6) is 0 Å². The van der Waals surface area contributed by atoms with Crippen molar-refractivity contribution in [2.24, 2.45) is 0 Å². The van der Waals surface area contributed by atoms with Gasteiger partial charge in [-0.25, -0.2) is 0 Å². The van der Waals surface area contributed by atoms with Crippen molar-refractivity contribution < 1.29 is 17.9 Å². The van der Waals surface area contributed by atoms with Crippen LogP contribution in [0, 0.1) is 0 Å². The van der Waals surface area contributed by atoms with Crippen LogP contribution in [0.2, 0.25) is 0 Å². The molecule has 1 aliphatic heterocycles. The molecule has 0 saturated carbocycles. The molecule has 2 aromatic rings. The van der Waals surface area contributed by atoms with Crippen molar-refractivity contribution in [3.8, 4) is 0 Å². The molecule has 6 nitrogen and oxygen atoms in total. The lowest BCUT2D eigenvalue weighted by molar-refractivity contribution is -0.125. The summed E-state index contributed by atoms with van der Waals surface area (Å²) in [6.45, 7) is 0.411. The van der Waals surface area contributed by atoms with E-state index in [1.807, 2.05) is 0 Å². The Hall–Kier alpha value is -1.26. The predicted molar refractivity (Wildman–Crippen MR) is 69.2 cm³/mol. The third-order valence-electron chi connectivity index (χ3n) is 3.24. The molecular weight excluding hydrogens is 307 g/mol. The van der Waals surface area contributed by atoms with Crippen LogP contribution in [-0.4, -0.2) is 45.7 Å². The molecule has 3 heterocycles. The van der Waals surface area contributed by atoms with Crippen molar-refractivity contribution in [2.45, 2.75) is 31.5 Å². The minimum absolute atomic E-state index is 0.0702. The van der Waals surface area contributed by atoms with Gasteiger partial charge in [0.25, 0.3) is 0 Å². The summed E-state index contributed by atoms with van der Waals surface area (Å²) in [6, 6.07) is 0. The molecular formula is C11H14F3N5OS. The summed E-state index contributed by atoms with van der Waals surface area (Å²) >= 11 is 1.25. The van der Waals surface area contributed by atoms with Gasteiger partial charge < -0.3 is 10.1 Å². The van der Waals surface area contributed by atoms with Crippen LogP contribution in [0.1, 0.15) is 29.6 Å². The second kappa shape index (κ2) is 5.85. The van der Waals surface area contributed by atoms with E-state index in [1.165, 1.54) is 11.3 Å². The van der Waals surface area contributed by atoms with Crippen LogP contribution in [0.25, 0.3) is 4.96 Å². The smallest absolute Gasteiger partial charge is 0.381 e. The number of aromatic nitrogens is 4. The van der Waals surface area contributed by atoms with Crippen molar-refractivity contribution in [1.29, 1.82) is 0 Å². The third-order valence-corrected chi connectivity index (χ3v) is 4.14. The van der Waals surface area contributed by atoms with E-state index in [4.69, 9.17) is 4.74 Å². The van der Waals surface area contributed by atoms with E-state index in [9.17, 15) is 13.2 Å². The lowest BCUT2D eigenvalue weighted by Gasteiger charge is -2.19. The highest BCUT2D eigenvalue weighted by Crippen LogP contribution is 2.27. The number of fused-ring (bicyclic) bond motifs is 1. The molecule has 21 heavy (non-hydrogen) atoms. The fourth-order valence-electron chi connectivity index (χ4n) is 2.26. The topological polar surface area (TPSA) is 64.3 Å². The zero-order chi connectivity index (χ0) is 14.9. The summed E-state index contributed by atoms with van der Waals surface area (Å²) in [5.41, 5.74) is 0. The van der Waals surface area contributed by atoms with Crippen LogP contribution < -0.4 is 5.32 Å². The van der Waals surface area contributed by atoms with Gasteiger partial charge in [0.2, 0.25) is 4.96 Å². The van der Waals surface area contributed by atoms with E-state index in [0.29, 0.717) is 23.2 Å². The lowest BCUT2D eigenvalue weighted by atomic mass is 10.00. The SMILES string of the molecule is FC(F)(F)CNCc1nn2c(C3CCOCC3)nnc2s1. The molecule has 0 aliphatic carbocycles. The van der Waals surface area contributed by atoms with Gasteiger partial charge in [0, 0.05) is 19.1 Å². The van der Waals surface area contributed by atoms with Gasteiger partial charge in [-0.3, -0.25) is 0 Å². The molecule has 0 aromatic carbocycles. The highest BCUT2D eigenvalue weighted by atomic mass is 32.1. The molecule has 0 amide bonds. The van der Waals surface area contributed by atoms with Crippen LogP contribution in [0.15, 0.2) is 0 Å². The second-order valence-corrected chi connectivity index (χ2v) is 5.89. The monoisotopic (exact) mass is 321 g/mol. The number of nitrogens with one attached hydrogen (secondary N) is 1. The summed E-state index contributed by atoms with van der Waals surface area (Å²) in [7, 11) is 0. The molecule has 3 rings (SSSR count). The number of alkyl halides is 3. The van der Waals surface area contributed by atoms with Crippen molar-refractivity contribution in [2.75, 3.05) is 19.8 Å². The molecule has 0 unspecified atom stereocenters. The van der Waals surface area contributed by atoms with Crippen molar-refractivity contribution >= 4 is 16.3 Å². The number of halogens is 3. The molecule has 0 spiro atoms.